The molecule has 20 heavy (non-hydrogen) atoms. The first kappa shape index (κ1) is 12.7. The van der Waals surface area contributed by atoms with Crippen molar-refractivity contribution >= 4 is 5.65 Å². The minimum absolute atomic E-state index is 0.869. The van der Waals surface area contributed by atoms with Crippen LogP contribution >= 0.6 is 0 Å². The number of hydrogen-bond acceptors (Lipinski definition) is 3. The van der Waals surface area contributed by atoms with Crippen molar-refractivity contribution in [2.24, 2.45) is 0 Å². The molecule has 0 bridgehead atoms. The third kappa shape index (κ3) is 2.03. The van der Waals surface area contributed by atoms with Crippen molar-refractivity contribution in [3.05, 3.63) is 47.3 Å². The van der Waals surface area contributed by atoms with Crippen molar-refractivity contribution in [3.63, 3.8) is 0 Å². The SMILES string of the molecule is COc1c(C)cc(-c2ccc3nc(C)cn3n2)cc1C. The normalized spacial score (nSPS) is 11.0. The van der Waals surface area contributed by atoms with Gasteiger partial charge in [-0.2, -0.15) is 5.10 Å². The first-order valence-corrected chi connectivity index (χ1v) is 6.57. The smallest absolute Gasteiger partial charge is 0.153 e. The molecular formula is C16H17N3O. The van der Waals surface area contributed by atoms with Crippen LogP contribution in [0, 0.1) is 20.8 Å². The van der Waals surface area contributed by atoms with Crippen molar-refractivity contribution < 1.29 is 4.74 Å². The molecule has 3 aromatic rings. The zero-order chi connectivity index (χ0) is 14.3. The summed E-state index contributed by atoms with van der Waals surface area (Å²) >= 11 is 0. The van der Waals surface area contributed by atoms with Gasteiger partial charge in [0.05, 0.1) is 24.7 Å². The monoisotopic (exact) mass is 267 g/mol. The van der Waals surface area contributed by atoms with Gasteiger partial charge >= 0.3 is 0 Å². The summed E-state index contributed by atoms with van der Waals surface area (Å²) < 4.78 is 7.22. The minimum atomic E-state index is 0.869. The Kier molecular flexibility index (Phi) is 2.93. The largest absolute Gasteiger partial charge is 0.496 e. The molecule has 4 heteroatoms. The van der Waals surface area contributed by atoms with Crippen molar-refractivity contribution in [1.29, 1.82) is 0 Å². The molecule has 0 amide bonds. The molecule has 0 saturated carbocycles. The van der Waals surface area contributed by atoms with Gasteiger partial charge in [0.2, 0.25) is 0 Å². The summed E-state index contributed by atoms with van der Waals surface area (Å²) in [6, 6.07) is 8.19. The zero-order valence-electron chi connectivity index (χ0n) is 12.1. The van der Waals surface area contributed by atoms with E-state index in [2.05, 4.69) is 36.1 Å². The van der Waals surface area contributed by atoms with E-state index in [9.17, 15) is 0 Å². The molecule has 3 rings (SSSR count). The zero-order valence-corrected chi connectivity index (χ0v) is 12.1. The van der Waals surface area contributed by atoms with Crippen LogP contribution in [0.15, 0.2) is 30.5 Å². The lowest BCUT2D eigenvalue weighted by Gasteiger charge is -2.11. The van der Waals surface area contributed by atoms with Crippen molar-refractivity contribution in [2.45, 2.75) is 20.8 Å². The van der Waals surface area contributed by atoms with Crippen molar-refractivity contribution in [1.82, 2.24) is 14.6 Å². The van der Waals surface area contributed by atoms with E-state index in [0.717, 1.165) is 39.5 Å². The highest BCUT2D eigenvalue weighted by atomic mass is 16.5. The first-order valence-electron chi connectivity index (χ1n) is 6.57. The van der Waals surface area contributed by atoms with Crippen LogP contribution in [-0.2, 0) is 0 Å². The van der Waals surface area contributed by atoms with Crippen LogP contribution in [0.5, 0.6) is 5.75 Å². The Balaban J connectivity index is 2.15. The average Bonchev–Trinajstić information content (AvgIpc) is 2.77. The number of rotatable bonds is 2. The number of imidazole rings is 1. The number of hydrogen-bond donors (Lipinski definition) is 0. The van der Waals surface area contributed by atoms with Gasteiger partial charge in [-0.05, 0) is 56.2 Å². The predicted octanol–water partition coefficient (Wildman–Crippen LogP) is 3.33. The summed E-state index contributed by atoms with van der Waals surface area (Å²) in [6.07, 6.45) is 1.93. The van der Waals surface area contributed by atoms with Crippen LogP contribution in [-0.4, -0.2) is 21.7 Å². The molecule has 2 heterocycles. The van der Waals surface area contributed by atoms with Gasteiger partial charge in [-0.25, -0.2) is 9.50 Å². The standard InChI is InChI=1S/C16H17N3O/c1-10-7-13(8-11(2)16(10)20-4)14-5-6-15-17-12(3)9-19(15)18-14/h5-9H,1-4H3. The molecule has 0 saturated heterocycles. The summed E-state index contributed by atoms with van der Waals surface area (Å²) in [7, 11) is 1.70. The lowest BCUT2D eigenvalue weighted by molar-refractivity contribution is 0.408. The second kappa shape index (κ2) is 4.63. The molecule has 0 atom stereocenters. The van der Waals surface area contributed by atoms with Gasteiger partial charge in [0.15, 0.2) is 5.65 Å². The molecule has 0 unspecified atom stereocenters. The van der Waals surface area contributed by atoms with E-state index < -0.39 is 0 Å². The molecular weight excluding hydrogens is 250 g/mol. The summed E-state index contributed by atoms with van der Waals surface area (Å²) in [6.45, 7) is 6.07. The molecule has 0 N–H and O–H groups in total. The van der Waals surface area contributed by atoms with Gasteiger partial charge in [0, 0.05) is 5.56 Å². The predicted molar refractivity (Wildman–Crippen MR) is 79.2 cm³/mol. The maximum Gasteiger partial charge on any atom is 0.153 e. The Labute approximate surface area is 118 Å². The van der Waals surface area contributed by atoms with Gasteiger partial charge in [0.25, 0.3) is 0 Å². The van der Waals surface area contributed by atoms with E-state index in [4.69, 9.17) is 4.74 Å². The lowest BCUT2D eigenvalue weighted by atomic mass is 10.0. The van der Waals surface area contributed by atoms with E-state index in [1.807, 2.05) is 29.8 Å². The highest BCUT2D eigenvalue weighted by Gasteiger charge is 2.09. The third-order valence-corrected chi connectivity index (χ3v) is 3.40. The topological polar surface area (TPSA) is 39.4 Å². The average molecular weight is 267 g/mol. The Bertz CT molecular complexity index is 767. The molecule has 102 valence electrons. The number of benzene rings is 1. The molecule has 2 aromatic heterocycles. The highest BCUT2D eigenvalue weighted by molar-refractivity contribution is 5.64. The van der Waals surface area contributed by atoms with Gasteiger partial charge in [-0.3, -0.25) is 0 Å². The summed E-state index contributed by atoms with van der Waals surface area (Å²) in [5.74, 6) is 0.938. The molecule has 0 aliphatic carbocycles. The Hall–Kier alpha value is -2.36. The number of methoxy groups -OCH3 is 1. The molecule has 1 aromatic carbocycles. The van der Waals surface area contributed by atoms with E-state index in [-0.39, 0.29) is 0 Å². The van der Waals surface area contributed by atoms with E-state index >= 15 is 0 Å². The summed E-state index contributed by atoms with van der Waals surface area (Å²) in [5, 5.41) is 4.62. The second-order valence-corrected chi connectivity index (χ2v) is 5.05. The number of nitrogens with zero attached hydrogens (tertiary/aromatic N) is 3. The fourth-order valence-electron chi connectivity index (χ4n) is 2.57. The van der Waals surface area contributed by atoms with Crippen molar-refractivity contribution in [2.75, 3.05) is 7.11 Å². The van der Waals surface area contributed by atoms with E-state index in [1.54, 1.807) is 7.11 Å². The number of aromatic nitrogens is 3. The van der Waals surface area contributed by atoms with Crippen LogP contribution in [0.25, 0.3) is 16.9 Å². The fourth-order valence-corrected chi connectivity index (χ4v) is 2.57. The third-order valence-electron chi connectivity index (χ3n) is 3.40. The summed E-state index contributed by atoms with van der Waals surface area (Å²) in [5.41, 5.74) is 6.10. The van der Waals surface area contributed by atoms with Crippen LogP contribution in [0.3, 0.4) is 0 Å². The summed E-state index contributed by atoms with van der Waals surface area (Å²) in [4.78, 5) is 4.39. The van der Waals surface area contributed by atoms with Gasteiger partial charge in [0.1, 0.15) is 5.75 Å². The Morgan fingerprint density at radius 2 is 1.75 bits per heavy atom. The molecule has 0 aliphatic heterocycles. The molecule has 0 radical (unpaired) electrons. The van der Waals surface area contributed by atoms with Crippen LogP contribution in [0.1, 0.15) is 16.8 Å². The van der Waals surface area contributed by atoms with Gasteiger partial charge in [-0.1, -0.05) is 0 Å². The maximum atomic E-state index is 5.40. The molecule has 0 fully saturated rings. The van der Waals surface area contributed by atoms with Crippen molar-refractivity contribution in [3.8, 4) is 17.0 Å². The molecule has 0 aliphatic rings. The maximum absolute atomic E-state index is 5.40. The van der Waals surface area contributed by atoms with E-state index in [1.165, 1.54) is 0 Å². The minimum Gasteiger partial charge on any atom is -0.496 e. The van der Waals surface area contributed by atoms with Crippen LogP contribution in [0.2, 0.25) is 0 Å². The van der Waals surface area contributed by atoms with Crippen LogP contribution in [0.4, 0.5) is 0 Å². The first-order chi connectivity index (χ1) is 9.58. The fraction of sp³-hybridized carbons (Fsp3) is 0.250. The molecule has 0 spiro atoms. The quantitative estimate of drug-likeness (QED) is 0.715. The van der Waals surface area contributed by atoms with Crippen LogP contribution < -0.4 is 4.74 Å². The Morgan fingerprint density at radius 1 is 1.05 bits per heavy atom. The van der Waals surface area contributed by atoms with Gasteiger partial charge in [-0.15, -0.1) is 0 Å². The van der Waals surface area contributed by atoms with Gasteiger partial charge < -0.3 is 4.74 Å². The number of ether oxygens (including phenoxy) is 1. The molecule has 4 nitrogen and oxygen atoms in total. The lowest BCUT2D eigenvalue weighted by Crippen LogP contribution is -1.96. The van der Waals surface area contributed by atoms with E-state index in [0.29, 0.717) is 0 Å². The number of aryl methyl sites for hydroxylation is 3. The number of fused-ring (bicyclic) bond motifs is 1. The Morgan fingerprint density at radius 3 is 2.40 bits per heavy atom. The second-order valence-electron chi connectivity index (χ2n) is 5.05. The highest BCUT2D eigenvalue weighted by Crippen LogP contribution is 2.29.